The average molecular weight is 792 g/mol. The van der Waals surface area contributed by atoms with Crippen LogP contribution in [0, 0.1) is 0 Å². The lowest BCUT2D eigenvalue weighted by atomic mass is 9.33. The highest BCUT2D eigenvalue weighted by Crippen LogP contribution is 2.44. The molecule has 3 aliphatic rings. The second-order valence-electron chi connectivity index (χ2n) is 16.9. The van der Waals surface area contributed by atoms with Gasteiger partial charge in [-0.05, 0) is 118 Å². The molecular formula is C53H46BN7. The summed E-state index contributed by atoms with van der Waals surface area (Å²) in [6.07, 6.45) is 12.7. The maximum Gasteiger partial charge on any atom is 0.252 e. The molecule has 296 valence electrons. The molecule has 0 fully saturated rings. The lowest BCUT2D eigenvalue weighted by Gasteiger charge is -2.44. The summed E-state index contributed by atoms with van der Waals surface area (Å²) in [5, 5.41) is 5.08. The van der Waals surface area contributed by atoms with E-state index in [9.17, 15) is 0 Å². The zero-order chi connectivity index (χ0) is 41.2. The maximum atomic E-state index is 5.08. The van der Waals surface area contributed by atoms with Crippen molar-refractivity contribution >= 4 is 68.6 Å². The van der Waals surface area contributed by atoms with Crippen LogP contribution in [0.1, 0.15) is 50.7 Å². The predicted octanol–water partition coefficient (Wildman–Crippen LogP) is 11.0. The van der Waals surface area contributed by atoms with Crippen LogP contribution in [-0.4, -0.2) is 28.1 Å². The molecule has 8 aromatic rings. The first-order chi connectivity index (χ1) is 29.9. The van der Waals surface area contributed by atoms with Crippen LogP contribution >= 0.6 is 0 Å². The fourth-order valence-electron chi connectivity index (χ4n) is 9.68. The van der Waals surface area contributed by atoms with Crippen molar-refractivity contribution in [3.05, 3.63) is 194 Å². The van der Waals surface area contributed by atoms with Crippen molar-refractivity contribution < 1.29 is 0 Å². The SMILES string of the molecule is CC(C)c1cccc(C(C)C)c1-c1cnn(-c2ccc3c(c2)B2c4cc(N5C=CN(c6ccccc6)C5)ccc4N(c4ccccc4)c4cncc(c42)N3c2ccccc2)c1. The third-order valence-electron chi connectivity index (χ3n) is 12.5. The molecule has 3 aliphatic heterocycles. The molecule has 0 amide bonds. The van der Waals surface area contributed by atoms with Crippen LogP contribution in [0.25, 0.3) is 16.8 Å². The quantitative estimate of drug-likeness (QED) is 0.143. The molecule has 0 spiro atoms. The Morgan fingerprint density at radius 2 is 1.00 bits per heavy atom. The van der Waals surface area contributed by atoms with Crippen molar-refractivity contribution in [2.45, 2.75) is 39.5 Å². The van der Waals surface area contributed by atoms with Gasteiger partial charge in [-0.15, -0.1) is 0 Å². The normalized spacial score (nSPS) is 13.9. The van der Waals surface area contributed by atoms with Gasteiger partial charge >= 0.3 is 0 Å². The third-order valence-corrected chi connectivity index (χ3v) is 12.5. The monoisotopic (exact) mass is 791 g/mol. The van der Waals surface area contributed by atoms with E-state index in [1.54, 1.807) is 0 Å². The summed E-state index contributed by atoms with van der Waals surface area (Å²) in [5.74, 6) is 0.774. The first-order valence-electron chi connectivity index (χ1n) is 21.3. The highest BCUT2D eigenvalue weighted by atomic mass is 15.3. The Balaban J connectivity index is 1.11. The number of benzene rings is 6. The lowest BCUT2D eigenvalue weighted by molar-refractivity contribution is 0.838. The van der Waals surface area contributed by atoms with Crippen LogP contribution in [0.4, 0.5) is 45.5 Å². The Bertz CT molecular complexity index is 2900. The second-order valence-corrected chi connectivity index (χ2v) is 16.9. The van der Waals surface area contributed by atoms with Gasteiger partial charge < -0.3 is 19.6 Å². The Hall–Kier alpha value is -7.32. The molecule has 0 bridgehead atoms. The second kappa shape index (κ2) is 14.7. The fourth-order valence-corrected chi connectivity index (χ4v) is 9.68. The minimum absolute atomic E-state index is 0.0844. The first-order valence-corrected chi connectivity index (χ1v) is 21.3. The summed E-state index contributed by atoms with van der Waals surface area (Å²) in [6.45, 7) is 9.76. The molecule has 8 heteroatoms. The largest absolute Gasteiger partial charge is 0.328 e. The van der Waals surface area contributed by atoms with E-state index in [0.717, 1.165) is 57.7 Å². The van der Waals surface area contributed by atoms with Crippen molar-refractivity contribution in [3.8, 4) is 16.8 Å². The highest BCUT2D eigenvalue weighted by molar-refractivity contribution is 7.00. The van der Waals surface area contributed by atoms with E-state index in [4.69, 9.17) is 10.1 Å². The highest BCUT2D eigenvalue weighted by Gasteiger charge is 2.44. The number of hydrogen-bond donors (Lipinski definition) is 0. The molecule has 0 saturated heterocycles. The minimum atomic E-state index is -0.0844. The van der Waals surface area contributed by atoms with Crippen LogP contribution in [-0.2, 0) is 0 Å². The number of nitrogens with zero attached hydrogens (tertiary/aromatic N) is 7. The smallest absolute Gasteiger partial charge is 0.252 e. The zero-order valence-electron chi connectivity index (χ0n) is 34.9. The van der Waals surface area contributed by atoms with Gasteiger partial charge in [-0.25, -0.2) is 4.68 Å². The Morgan fingerprint density at radius 1 is 0.492 bits per heavy atom. The Morgan fingerprint density at radius 3 is 1.56 bits per heavy atom. The van der Waals surface area contributed by atoms with Crippen molar-refractivity contribution in [3.63, 3.8) is 0 Å². The van der Waals surface area contributed by atoms with E-state index in [1.165, 1.54) is 38.8 Å². The maximum absolute atomic E-state index is 5.08. The number of hydrogen-bond acceptors (Lipinski definition) is 6. The number of aromatic nitrogens is 3. The van der Waals surface area contributed by atoms with Crippen LogP contribution in [0.15, 0.2) is 183 Å². The van der Waals surface area contributed by atoms with Gasteiger partial charge in [0.05, 0.1) is 42.3 Å². The number of pyridine rings is 1. The van der Waals surface area contributed by atoms with Gasteiger partial charge in [0.2, 0.25) is 0 Å². The van der Waals surface area contributed by atoms with Crippen LogP contribution in [0.3, 0.4) is 0 Å². The number of para-hydroxylation sites is 3. The Kier molecular flexibility index (Phi) is 8.88. The fraction of sp³-hybridized carbons (Fsp3) is 0.132. The van der Waals surface area contributed by atoms with Crippen molar-refractivity contribution in [2.24, 2.45) is 0 Å². The molecule has 0 unspecified atom stereocenters. The third kappa shape index (κ3) is 6.12. The number of anilines is 8. The summed E-state index contributed by atoms with van der Waals surface area (Å²) < 4.78 is 2.07. The summed E-state index contributed by atoms with van der Waals surface area (Å²) in [5.41, 5.74) is 18.8. The molecule has 0 N–H and O–H groups in total. The molecule has 11 rings (SSSR count). The molecule has 6 aromatic carbocycles. The topological polar surface area (TPSA) is 43.7 Å². The minimum Gasteiger partial charge on any atom is -0.328 e. The number of fused-ring (bicyclic) bond motifs is 4. The molecule has 0 atom stereocenters. The molecule has 61 heavy (non-hydrogen) atoms. The molecule has 0 saturated carbocycles. The molecule has 2 aromatic heterocycles. The van der Waals surface area contributed by atoms with Crippen LogP contribution < -0.4 is 36.0 Å². The van der Waals surface area contributed by atoms with Gasteiger partial charge in [-0.3, -0.25) is 4.98 Å². The van der Waals surface area contributed by atoms with E-state index in [0.29, 0.717) is 11.8 Å². The van der Waals surface area contributed by atoms with Gasteiger partial charge in [0.1, 0.15) is 0 Å². The summed E-state index contributed by atoms with van der Waals surface area (Å²) in [6, 6.07) is 52.6. The van der Waals surface area contributed by atoms with E-state index in [2.05, 4.69) is 216 Å². The van der Waals surface area contributed by atoms with Gasteiger partial charge in [-0.1, -0.05) is 100 Å². The molecular weight excluding hydrogens is 745 g/mol. The number of rotatable bonds is 8. The van der Waals surface area contributed by atoms with E-state index in [1.807, 2.05) is 18.6 Å². The zero-order valence-corrected chi connectivity index (χ0v) is 34.9. The Labute approximate surface area is 358 Å². The standard InChI is InChI=1S/C53H46BN7/c1-36(2)44-21-14-22-45(37(3)4)52(44)38-31-56-59(34-38)43-24-26-49-47(30-43)54-46-29-42(58-28-27-57(35-58)39-15-8-5-9-16-39)23-25-48(46)60(40-17-10-6-11-18-40)50-32-55-33-51(53(50)54)61(49)41-19-12-7-13-20-41/h5-34,36-37H,35H2,1-4H3. The van der Waals surface area contributed by atoms with Crippen molar-refractivity contribution in [1.82, 2.24) is 14.8 Å². The summed E-state index contributed by atoms with van der Waals surface area (Å²) in [7, 11) is 0. The van der Waals surface area contributed by atoms with Crippen LogP contribution in [0.5, 0.6) is 0 Å². The molecule has 5 heterocycles. The van der Waals surface area contributed by atoms with Gasteiger partial charge in [0.15, 0.2) is 0 Å². The van der Waals surface area contributed by atoms with Gasteiger partial charge in [0, 0.05) is 58.3 Å². The van der Waals surface area contributed by atoms with E-state index < -0.39 is 0 Å². The first kappa shape index (κ1) is 36.7. The van der Waals surface area contributed by atoms with Crippen molar-refractivity contribution in [2.75, 3.05) is 26.3 Å². The molecule has 0 aliphatic carbocycles. The average Bonchev–Trinajstić information content (AvgIpc) is 4.01. The van der Waals surface area contributed by atoms with E-state index in [-0.39, 0.29) is 6.71 Å². The van der Waals surface area contributed by atoms with E-state index >= 15 is 0 Å². The predicted molar refractivity (Wildman–Crippen MR) is 254 cm³/mol. The van der Waals surface area contributed by atoms with Crippen LogP contribution in [0.2, 0.25) is 0 Å². The summed E-state index contributed by atoms with van der Waals surface area (Å²) in [4.78, 5) is 14.4. The van der Waals surface area contributed by atoms with Crippen molar-refractivity contribution in [1.29, 1.82) is 0 Å². The molecule has 7 nitrogen and oxygen atoms in total. The molecule has 0 radical (unpaired) electrons. The van der Waals surface area contributed by atoms with Gasteiger partial charge in [-0.2, -0.15) is 5.10 Å². The lowest BCUT2D eigenvalue weighted by Crippen LogP contribution is -2.61. The summed E-state index contributed by atoms with van der Waals surface area (Å²) >= 11 is 0. The van der Waals surface area contributed by atoms with Gasteiger partial charge in [0.25, 0.3) is 6.71 Å².